The van der Waals surface area contributed by atoms with E-state index in [1.165, 1.54) is 48.7 Å². The van der Waals surface area contributed by atoms with Gasteiger partial charge in [-0.05, 0) is 41.8 Å². The molecular formula is C19H18N3O7-. The summed E-state index contributed by atoms with van der Waals surface area (Å²) >= 11 is 0. The van der Waals surface area contributed by atoms with Crippen LogP contribution >= 0.6 is 0 Å². The molecule has 2 aromatic rings. The molecule has 1 heterocycles. The van der Waals surface area contributed by atoms with E-state index in [1.807, 2.05) is 0 Å². The first kappa shape index (κ1) is 21.4. The maximum Gasteiger partial charge on any atom is 0.291 e. The van der Waals surface area contributed by atoms with Gasteiger partial charge in [0.15, 0.2) is 5.76 Å². The van der Waals surface area contributed by atoms with Gasteiger partial charge in [0.1, 0.15) is 5.70 Å². The average Bonchev–Trinajstić information content (AvgIpc) is 3.20. The van der Waals surface area contributed by atoms with E-state index < -0.39 is 34.7 Å². The van der Waals surface area contributed by atoms with Crippen LogP contribution in [0.25, 0.3) is 6.08 Å². The molecule has 0 bridgehead atoms. The van der Waals surface area contributed by atoms with Gasteiger partial charge in [-0.3, -0.25) is 19.7 Å². The molecule has 29 heavy (non-hydrogen) atoms. The highest BCUT2D eigenvalue weighted by atomic mass is 16.6. The second-order valence-corrected chi connectivity index (χ2v) is 6.35. The van der Waals surface area contributed by atoms with Gasteiger partial charge in [-0.25, -0.2) is 0 Å². The van der Waals surface area contributed by atoms with E-state index in [0.29, 0.717) is 5.56 Å². The number of hydrogen-bond donors (Lipinski definition) is 2. The Labute approximate surface area is 165 Å². The molecule has 1 aromatic carbocycles. The summed E-state index contributed by atoms with van der Waals surface area (Å²) in [5, 5.41) is 26.7. The highest BCUT2D eigenvalue weighted by molar-refractivity contribution is 6.05. The third-order valence-corrected chi connectivity index (χ3v) is 3.86. The van der Waals surface area contributed by atoms with Crippen LogP contribution in [-0.2, 0) is 9.59 Å². The predicted octanol–water partition coefficient (Wildman–Crippen LogP) is 0.849. The smallest absolute Gasteiger partial charge is 0.291 e. The first-order valence-corrected chi connectivity index (χ1v) is 8.51. The molecule has 1 aromatic heterocycles. The Balaban J connectivity index is 2.33. The number of nitro groups is 1. The van der Waals surface area contributed by atoms with E-state index in [-0.39, 0.29) is 17.1 Å². The van der Waals surface area contributed by atoms with Gasteiger partial charge in [-0.1, -0.05) is 13.8 Å². The van der Waals surface area contributed by atoms with Crippen LogP contribution < -0.4 is 15.7 Å². The zero-order valence-corrected chi connectivity index (χ0v) is 15.6. The number of nitro benzene ring substituents is 1. The van der Waals surface area contributed by atoms with Crippen molar-refractivity contribution in [2.24, 2.45) is 5.92 Å². The molecule has 0 aliphatic rings. The normalized spacial score (nSPS) is 12.3. The minimum Gasteiger partial charge on any atom is -0.548 e. The average molecular weight is 400 g/mol. The second kappa shape index (κ2) is 9.31. The minimum atomic E-state index is -1.47. The van der Waals surface area contributed by atoms with Crippen molar-refractivity contribution in [2.45, 2.75) is 19.9 Å². The van der Waals surface area contributed by atoms with Crippen molar-refractivity contribution in [3.63, 3.8) is 0 Å². The number of carboxylic acids is 1. The van der Waals surface area contributed by atoms with Crippen molar-refractivity contribution in [3.8, 4) is 0 Å². The Morgan fingerprint density at radius 1 is 1.14 bits per heavy atom. The van der Waals surface area contributed by atoms with Crippen molar-refractivity contribution in [1.82, 2.24) is 10.6 Å². The lowest BCUT2D eigenvalue weighted by Crippen LogP contribution is -2.52. The largest absolute Gasteiger partial charge is 0.548 e. The number of aliphatic carboxylic acids is 1. The molecule has 0 aliphatic carbocycles. The number of rotatable bonds is 8. The number of nitrogens with one attached hydrogen (secondary N) is 2. The zero-order chi connectivity index (χ0) is 21.6. The van der Waals surface area contributed by atoms with Gasteiger partial charge in [0, 0.05) is 12.1 Å². The van der Waals surface area contributed by atoms with Crippen LogP contribution in [0.4, 0.5) is 5.69 Å². The Hall–Kier alpha value is -3.95. The lowest BCUT2D eigenvalue weighted by molar-refractivity contribution is -0.384. The van der Waals surface area contributed by atoms with Crippen molar-refractivity contribution < 1.29 is 28.8 Å². The van der Waals surface area contributed by atoms with E-state index in [1.54, 1.807) is 13.8 Å². The fourth-order valence-electron chi connectivity index (χ4n) is 2.33. The number of furan rings is 1. The minimum absolute atomic E-state index is 0.0623. The van der Waals surface area contributed by atoms with E-state index in [4.69, 9.17) is 4.42 Å². The molecule has 10 heteroatoms. The molecule has 0 aliphatic heterocycles. The van der Waals surface area contributed by atoms with E-state index in [9.17, 15) is 29.6 Å². The first-order chi connectivity index (χ1) is 13.7. The van der Waals surface area contributed by atoms with Gasteiger partial charge in [-0.2, -0.15) is 0 Å². The lowest BCUT2D eigenvalue weighted by Gasteiger charge is -2.24. The zero-order valence-electron chi connectivity index (χ0n) is 15.6. The van der Waals surface area contributed by atoms with E-state index in [2.05, 4.69) is 10.6 Å². The Morgan fingerprint density at radius 2 is 1.79 bits per heavy atom. The van der Waals surface area contributed by atoms with Crippen molar-refractivity contribution >= 4 is 29.5 Å². The molecule has 2 amide bonds. The Kier molecular flexibility index (Phi) is 6.85. The maximum atomic E-state index is 12.6. The highest BCUT2D eigenvalue weighted by Gasteiger charge is 2.22. The van der Waals surface area contributed by atoms with Gasteiger partial charge in [0.2, 0.25) is 0 Å². The number of benzene rings is 1. The third-order valence-electron chi connectivity index (χ3n) is 3.86. The topological polar surface area (TPSA) is 155 Å². The SMILES string of the molecule is CC(C)[C@H](NC(=O)/C(=C/c1ccc([N+](=O)[O-])cc1)NC(=O)c1ccco1)C(=O)[O-]. The summed E-state index contributed by atoms with van der Waals surface area (Å²) in [5.41, 5.74) is -0.0493. The molecule has 1 atom stereocenters. The van der Waals surface area contributed by atoms with Crippen LogP contribution in [0.5, 0.6) is 0 Å². The molecule has 2 N–H and O–H groups in total. The molecule has 0 fully saturated rings. The Bertz CT molecular complexity index is 931. The van der Waals surface area contributed by atoms with E-state index in [0.717, 1.165) is 0 Å². The van der Waals surface area contributed by atoms with Crippen molar-refractivity contribution in [3.05, 3.63) is 69.8 Å². The van der Waals surface area contributed by atoms with Gasteiger partial charge in [0.05, 0.1) is 23.2 Å². The summed E-state index contributed by atoms with van der Waals surface area (Å²) in [4.78, 5) is 46.3. The van der Waals surface area contributed by atoms with Crippen LogP contribution in [-0.4, -0.2) is 28.7 Å². The molecule has 152 valence electrons. The number of carbonyl (C=O) groups is 3. The fourth-order valence-corrected chi connectivity index (χ4v) is 2.33. The molecule has 0 radical (unpaired) electrons. The summed E-state index contributed by atoms with van der Waals surface area (Å²) in [7, 11) is 0. The number of amides is 2. The molecular weight excluding hydrogens is 382 g/mol. The molecule has 0 spiro atoms. The quantitative estimate of drug-likeness (QED) is 0.378. The van der Waals surface area contributed by atoms with Gasteiger partial charge in [-0.15, -0.1) is 0 Å². The number of hydrogen-bond acceptors (Lipinski definition) is 7. The van der Waals surface area contributed by atoms with Crippen LogP contribution in [0, 0.1) is 16.0 Å². The summed E-state index contributed by atoms with van der Waals surface area (Å²) in [6.45, 7) is 3.17. The molecule has 0 saturated carbocycles. The monoisotopic (exact) mass is 400 g/mol. The van der Waals surface area contributed by atoms with Gasteiger partial charge in [0.25, 0.3) is 17.5 Å². The standard InChI is InChI=1S/C19H19N3O7/c1-11(2)16(19(25)26)21-17(23)14(20-18(24)15-4-3-9-29-15)10-12-5-7-13(8-6-12)22(27)28/h3-11,16H,1-2H3,(H,20,24)(H,21,23)(H,25,26)/p-1/b14-10-/t16-/m0/s1. The number of carboxylic acid groups (broad SMARTS) is 1. The van der Waals surface area contributed by atoms with Crippen LogP contribution in [0.1, 0.15) is 30.0 Å². The lowest BCUT2D eigenvalue weighted by atomic mass is 10.0. The number of carbonyl (C=O) groups excluding carboxylic acids is 3. The first-order valence-electron chi connectivity index (χ1n) is 8.51. The third kappa shape index (κ3) is 5.76. The van der Waals surface area contributed by atoms with Crippen LogP contribution in [0.3, 0.4) is 0 Å². The van der Waals surface area contributed by atoms with Crippen LogP contribution in [0.2, 0.25) is 0 Å². The summed E-state index contributed by atoms with van der Waals surface area (Å²) < 4.78 is 4.98. The van der Waals surface area contributed by atoms with Gasteiger partial charge >= 0.3 is 0 Å². The van der Waals surface area contributed by atoms with Crippen molar-refractivity contribution in [1.29, 1.82) is 0 Å². The molecule has 10 nitrogen and oxygen atoms in total. The Morgan fingerprint density at radius 3 is 2.28 bits per heavy atom. The second-order valence-electron chi connectivity index (χ2n) is 6.35. The number of nitrogens with zero attached hydrogens (tertiary/aromatic N) is 1. The summed E-state index contributed by atoms with van der Waals surface area (Å²) in [5.74, 6) is -3.60. The highest BCUT2D eigenvalue weighted by Crippen LogP contribution is 2.15. The molecule has 0 unspecified atom stereocenters. The molecule has 0 saturated heterocycles. The number of non-ortho nitro benzene ring substituents is 1. The van der Waals surface area contributed by atoms with Crippen molar-refractivity contribution in [2.75, 3.05) is 0 Å². The molecule has 2 rings (SSSR count). The van der Waals surface area contributed by atoms with E-state index >= 15 is 0 Å². The summed E-state index contributed by atoms with van der Waals surface area (Å²) in [6.07, 6.45) is 2.53. The van der Waals surface area contributed by atoms with Crippen LogP contribution in [0.15, 0.2) is 52.8 Å². The maximum absolute atomic E-state index is 12.6. The predicted molar refractivity (Wildman–Crippen MR) is 99.0 cm³/mol. The van der Waals surface area contributed by atoms with Gasteiger partial charge < -0.3 is 25.0 Å². The fraction of sp³-hybridized carbons (Fsp3) is 0.211. The summed E-state index contributed by atoms with van der Waals surface area (Å²) in [6, 6.07) is 6.80.